The average molecular weight is 261 g/mol. The molecule has 1 aromatic carbocycles. The van der Waals surface area contributed by atoms with Crippen LogP contribution in [0.25, 0.3) is 0 Å². The third-order valence-electron chi connectivity index (χ3n) is 2.83. The highest BCUT2D eigenvalue weighted by molar-refractivity contribution is 6.31. The first-order valence-electron chi connectivity index (χ1n) is 6.01. The maximum atomic E-state index is 6.09. The molecule has 1 N–H and O–H groups in total. The van der Waals surface area contributed by atoms with Crippen molar-refractivity contribution in [3.05, 3.63) is 63.9 Å². The van der Waals surface area contributed by atoms with Gasteiger partial charge in [0.05, 0.1) is 0 Å². The summed E-state index contributed by atoms with van der Waals surface area (Å²) < 4.78 is 0. The zero-order chi connectivity index (χ0) is 13.0. The molecule has 2 nitrogen and oxygen atoms in total. The highest BCUT2D eigenvalue weighted by atomic mass is 35.5. The second-order valence-electron chi connectivity index (χ2n) is 4.56. The van der Waals surface area contributed by atoms with Gasteiger partial charge in [-0.05, 0) is 42.2 Å². The van der Waals surface area contributed by atoms with Crippen molar-refractivity contribution in [2.75, 3.05) is 0 Å². The third-order valence-corrected chi connectivity index (χ3v) is 3.23. The summed E-state index contributed by atoms with van der Waals surface area (Å²) in [5.74, 6) is 0. The van der Waals surface area contributed by atoms with Crippen LogP contribution in [-0.4, -0.2) is 4.98 Å². The molecule has 0 bridgehead atoms. The quantitative estimate of drug-likeness (QED) is 0.908. The smallest absolute Gasteiger partial charge is 0.0438 e. The van der Waals surface area contributed by atoms with Crippen LogP contribution < -0.4 is 5.32 Å². The van der Waals surface area contributed by atoms with E-state index in [4.69, 9.17) is 11.6 Å². The van der Waals surface area contributed by atoms with Crippen molar-refractivity contribution in [2.24, 2.45) is 0 Å². The molecule has 1 aromatic heterocycles. The molecule has 0 unspecified atom stereocenters. The van der Waals surface area contributed by atoms with E-state index in [1.807, 2.05) is 31.5 Å². The average Bonchev–Trinajstić information content (AvgIpc) is 2.34. The van der Waals surface area contributed by atoms with Crippen molar-refractivity contribution >= 4 is 11.6 Å². The first-order chi connectivity index (χ1) is 8.65. The minimum Gasteiger partial charge on any atom is -0.309 e. The Morgan fingerprint density at radius 1 is 1.06 bits per heavy atom. The van der Waals surface area contributed by atoms with E-state index in [1.165, 1.54) is 16.7 Å². The number of hydrogen-bond donors (Lipinski definition) is 1. The van der Waals surface area contributed by atoms with Crippen LogP contribution in [0.3, 0.4) is 0 Å². The lowest BCUT2D eigenvalue weighted by atomic mass is 10.1. The predicted octanol–water partition coefficient (Wildman–Crippen LogP) is 3.64. The van der Waals surface area contributed by atoms with Crippen molar-refractivity contribution in [3.63, 3.8) is 0 Å². The second-order valence-corrected chi connectivity index (χ2v) is 4.96. The van der Waals surface area contributed by atoms with Gasteiger partial charge in [-0.1, -0.05) is 29.8 Å². The zero-order valence-corrected chi connectivity index (χ0v) is 11.5. The molecule has 0 radical (unpaired) electrons. The van der Waals surface area contributed by atoms with E-state index in [2.05, 4.69) is 29.4 Å². The Bertz CT molecular complexity index is 538. The first kappa shape index (κ1) is 13.1. The first-order valence-corrected chi connectivity index (χ1v) is 6.39. The summed E-state index contributed by atoms with van der Waals surface area (Å²) in [5, 5.41) is 4.22. The standard InChI is InChI=1S/C15H17ClN2/c1-11-5-14(9-17-7-11)10-18-8-13-4-3-12(2)15(16)6-13/h3-7,9,18H,8,10H2,1-2H3. The molecular formula is C15H17ClN2. The summed E-state index contributed by atoms with van der Waals surface area (Å²) >= 11 is 6.09. The molecule has 0 aliphatic heterocycles. The molecule has 2 aromatic rings. The summed E-state index contributed by atoms with van der Waals surface area (Å²) in [7, 11) is 0. The highest BCUT2D eigenvalue weighted by Gasteiger charge is 1.98. The van der Waals surface area contributed by atoms with Gasteiger partial charge in [-0.2, -0.15) is 0 Å². The lowest BCUT2D eigenvalue weighted by Gasteiger charge is -2.07. The van der Waals surface area contributed by atoms with Gasteiger partial charge in [0.25, 0.3) is 0 Å². The zero-order valence-electron chi connectivity index (χ0n) is 10.7. The number of nitrogens with one attached hydrogen (secondary N) is 1. The summed E-state index contributed by atoms with van der Waals surface area (Å²) in [6, 6.07) is 8.30. The Morgan fingerprint density at radius 3 is 2.56 bits per heavy atom. The number of rotatable bonds is 4. The molecule has 18 heavy (non-hydrogen) atoms. The van der Waals surface area contributed by atoms with E-state index < -0.39 is 0 Å². The molecule has 3 heteroatoms. The number of nitrogens with zero attached hydrogens (tertiary/aromatic N) is 1. The minimum absolute atomic E-state index is 0.813. The Labute approximate surface area is 113 Å². The van der Waals surface area contributed by atoms with Crippen LogP contribution in [0.2, 0.25) is 5.02 Å². The van der Waals surface area contributed by atoms with Gasteiger partial charge < -0.3 is 5.32 Å². The molecule has 0 fully saturated rings. The maximum absolute atomic E-state index is 6.09. The van der Waals surface area contributed by atoms with Crippen LogP contribution in [0, 0.1) is 13.8 Å². The Morgan fingerprint density at radius 2 is 1.83 bits per heavy atom. The molecule has 0 amide bonds. The topological polar surface area (TPSA) is 24.9 Å². The van der Waals surface area contributed by atoms with Gasteiger partial charge in [-0.15, -0.1) is 0 Å². The van der Waals surface area contributed by atoms with Crippen LogP contribution in [0.15, 0.2) is 36.7 Å². The van der Waals surface area contributed by atoms with Gasteiger partial charge in [-0.25, -0.2) is 0 Å². The van der Waals surface area contributed by atoms with Crippen molar-refractivity contribution in [1.29, 1.82) is 0 Å². The molecule has 0 spiro atoms. The molecular weight excluding hydrogens is 244 g/mol. The third kappa shape index (κ3) is 3.56. The molecule has 0 saturated heterocycles. The van der Waals surface area contributed by atoms with Gasteiger partial charge in [0, 0.05) is 30.5 Å². The van der Waals surface area contributed by atoms with Gasteiger partial charge in [0.1, 0.15) is 0 Å². The Kier molecular flexibility index (Phi) is 4.34. The summed E-state index contributed by atoms with van der Waals surface area (Å²) in [4.78, 5) is 4.17. The van der Waals surface area contributed by atoms with Crippen LogP contribution in [0.5, 0.6) is 0 Å². The van der Waals surface area contributed by atoms with Crippen molar-refractivity contribution < 1.29 is 0 Å². The number of benzene rings is 1. The van der Waals surface area contributed by atoms with E-state index in [1.54, 1.807) is 0 Å². The molecule has 0 saturated carbocycles. The predicted molar refractivity (Wildman–Crippen MR) is 75.7 cm³/mol. The second kappa shape index (κ2) is 5.98. The van der Waals surface area contributed by atoms with Crippen LogP contribution >= 0.6 is 11.6 Å². The molecule has 2 rings (SSSR count). The number of halogens is 1. The van der Waals surface area contributed by atoms with E-state index in [0.29, 0.717) is 0 Å². The van der Waals surface area contributed by atoms with E-state index in [9.17, 15) is 0 Å². The van der Waals surface area contributed by atoms with Gasteiger partial charge in [0.2, 0.25) is 0 Å². The number of aryl methyl sites for hydroxylation is 2. The molecule has 1 heterocycles. The normalized spacial score (nSPS) is 10.6. The lowest BCUT2D eigenvalue weighted by molar-refractivity contribution is 0.691. The fourth-order valence-electron chi connectivity index (χ4n) is 1.81. The minimum atomic E-state index is 0.813. The number of hydrogen-bond acceptors (Lipinski definition) is 2. The molecule has 94 valence electrons. The van der Waals surface area contributed by atoms with Crippen LogP contribution in [0.1, 0.15) is 22.3 Å². The number of pyridine rings is 1. The molecule has 0 atom stereocenters. The maximum Gasteiger partial charge on any atom is 0.0438 e. The summed E-state index contributed by atoms with van der Waals surface area (Å²) in [6.45, 7) is 5.70. The highest BCUT2D eigenvalue weighted by Crippen LogP contribution is 2.16. The molecule has 0 aliphatic carbocycles. The SMILES string of the molecule is Cc1cncc(CNCc2ccc(C)c(Cl)c2)c1. The Balaban J connectivity index is 1.90. The van der Waals surface area contributed by atoms with Gasteiger partial charge in [-0.3, -0.25) is 4.98 Å². The Hall–Kier alpha value is -1.38. The van der Waals surface area contributed by atoms with Crippen LogP contribution in [-0.2, 0) is 13.1 Å². The van der Waals surface area contributed by atoms with Crippen LogP contribution in [0.4, 0.5) is 0 Å². The van der Waals surface area contributed by atoms with E-state index in [-0.39, 0.29) is 0 Å². The van der Waals surface area contributed by atoms with Gasteiger partial charge in [0.15, 0.2) is 0 Å². The van der Waals surface area contributed by atoms with Gasteiger partial charge >= 0.3 is 0 Å². The summed E-state index contributed by atoms with van der Waals surface area (Å²) in [6.07, 6.45) is 3.76. The van der Waals surface area contributed by atoms with Crippen molar-refractivity contribution in [1.82, 2.24) is 10.3 Å². The van der Waals surface area contributed by atoms with E-state index >= 15 is 0 Å². The van der Waals surface area contributed by atoms with E-state index in [0.717, 1.165) is 23.7 Å². The van der Waals surface area contributed by atoms with Crippen molar-refractivity contribution in [3.8, 4) is 0 Å². The number of aromatic nitrogens is 1. The fourth-order valence-corrected chi connectivity index (χ4v) is 2.01. The fraction of sp³-hybridized carbons (Fsp3) is 0.267. The monoisotopic (exact) mass is 260 g/mol. The lowest BCUT2D eigenvalue weighted by Crippen LogP contribution is -2.13. The largest absolute Gasteiger partial charge is 0.309 e. The van der Waals surface area contributed by atoms with Crippen molar-refractivity contribution in [2.45, 2.75) is 26.9 Å². The summed E-state index contributed by atoms with van der Waals surface area (Å²) in [5.41, 5.74) is 4.70. The molecule has 0 aliphatic rings.